The number of rotatable bonds is 12. The Morgan fingerprint density at radius 3 is 2.57 bits per heavy atom. The van der Waals surface area contributed by atoms with Gasteiger partial charge in [0.2, 0.25) is 0 Å². The Labute approximate surface area is 137 Å². The van der Waals surface area contributed by atoms with Gasteiger partial charge in [0.1, 0.15) is 0 Å². The van der Waals surface area contributed by atoms with E-state index in [0.29, 0.717) is 6.42 Å². The molecule has 0 fully saturated rings. The minimum atomic E-state index is -1.11. The molecule has 0 bridgehead atoms. The lowest BCUT2D eigenvalue weighted by Crippen LogP contribution is -2.35. The number of nitrogens with zero attached hydrogens (tertiary/aromatic N) is 3. The molecule has 2 atom stereocenters. The van der Waals surface area contributed by atoms with Crippen LogP contribution in [0.25, 0.3) is 10.4 Å². The van der Waals surface area contributed by atoms with Gasteiger partial charge in [-0.1, -0.05) is 74.5 Å². The van der Waals surface area contributed by atoms with Gasteiger partial charge < -0.3 is 9.84 Å². The number of azide groups is 1. The fraction of sp³-hybridized carbons (Fsp3) is 0.588. The molecule has 0 saturated heterocycles. The minimum Gasteiger partial charge on any atom is -0.479 e. The molecule has 1 aromatic rings. The lowest BCUT2D eigenvalue weighted by atomic mass is 10.0. The van der Waals surface area contributed by atoms with Crippen molar-refractivity contribution in [3.63, 3.8) is 0 Å². The van der Waals surface area contributed by atoms with Crippen molar-refractivity contribution < 1.29 is 14.6 Å². The van der Waals surface area contributed by atoms with E-state index in [1.54, 1.807) is 0 Å². The first kappa shape index (κ1) is 19.0. The maximum Gasteiger partial charge on any atom is 0.333 e. The van der Waals surface area contributed by atoms with Gasteiger partial charge in [0.25, 0.3) is 0 Å². The lowest BCUT2D eigenvalue weighted by Gasteiger charge is -2.20. The van der Waals surface area contributed by atoms with Gasteiger partial charge in [-0.3, -0.25) is 0 Å². The number of benzene rings is 1. The van der Waals surface area contributed by atoms with Crippen LogP contribution >= 0.6 is 0 Å². The van der Waals surface area contributed by atoms with E-state index in [9.17, 15) is 9.90 Å². The maximum atomic E-state index is 11.5. The molecule has 0 aliphatic heterocycles. The molecule has 1 rings (SSSR count). The van der Waals surface area contributed by atoms with E-state index in [0.717, 1.165) is 31.2 Å². The van der Waals surface area contributed by atoms with E-state index in [1.165, 1.54) is 6.42 Å². The Kier molecular flexibility index (Phi) is 9.52. The number of hydrogen-bond donors (Lipinski definition) is 1. The van der Waals surface area contributed by atoms with Gasteiger partial charge >= 0.3 is 5.97 Å². The Bertz CT molecular complexity index is 501. The van der Waals surface area contributed by atoms with Crippen molar-refractivity contribution in [3.8, 4) is 0 Å². The van der Waals surface area contributed by atoms with Crippen LogP contribution < -0.4 is 0 Å². The molecular weight excluding hydrogens is 294 g/mol. The van der Waals surface area contributed by atoms with Crippen molar-refractivity contribution in [2.75, 3.05) is 0 Å². The standard InChI is InChI=1S/C17H25N3O3/c1-2-3-4-5-9-12-15(19-20-18)16(17(21)22)23-13-14-10-7-6-8-11-14/h6-8,10-11,15-16H,2-5,9,12-13H2,1H3,(H,21,22)/t15-,16-/m0/s1. The van der Waals surface area contributed by atoms with Gasteiger partial charge in [0.15, 0.2) is 6.10 Å². The zero-order valence-electron chi connectivity index (χ0n) is 13.6. The van der Waals surface area contributed by atoms with Crippen LogP contribution in [0.15, 0.2) is 35.4 Å². The van der Waals surface area contributed by atoms with Gasteiger partial charge in [-0.25, -0.2) is 4.79 Å². The Hall–Kier alpha value is -2.04. The van der Waals surface area contributed by atoms with Crippen molar-refractivity contribution in [2.45, 2.75) is 64.2 Å². The first-order valence-corrected chi connectivity index (χ1v) is 8.11. The van der Waals surface area contributed by atoms with Crippen molar-refractivity contribution in [1.82, 2.24) is 0 Å². The maximum absolute atomic E-state index is 11.5. The van der Waals surface area contributed by atoms with Crippen molar-refractivity contribution in [3.05, 3.63) is 46.3 Å². The fourth-order valence-electron chi connectivity index (χ4n) is 2.40. The van der Waals surface area contributed by atoms with Gasteiger partial charge in [-0.05, 0) is 17.5 Å². The Morgan fingerprint density at radius 2 is 1.96 bits per heavy atom. The van der Waals surface area contributed by atoms with E-state index < -0.39 is 18.1 Å². The molecule has 0 heterocycles. The first-order chi connectivity index (χ1) is 11.2. The quantitative estimate of drug-likeness (QED) is 0.262. The summed E-state index contributed by atoms with van der Waals surface area (Å²) in [7, 11) is 0. The first-order valence-electron chi connectivity index (χ1n) is 8.11. The van der Waals surface area contributed by atoms with Gasteiger partial charge in [0, 0.05) is 4.91 Å². The summed E-state index contributed by atoms with van der Waals surface area (Å²) >= 11 is 0. The van der Waals surface area contributed by atoms with E-state index >= 15 is 0 Å². The summed E-state index contributed by atoms with van der Waals surface area (Å²) in [6.45, 7) is 2.33. The summed E-state index contributed by atoms with van der Waals surface area (Å²) in [6.07, 6.45) is 4.69. The van der Waals surface area contributed by atoms with Gasteiger partial charge in [-0.15, -0.1) is 0 Å². The second-order valence-electron chi connectivity index (χ2n) is 5.53. The molecule has 0 amide bonds. The molecule has 6 nitrogen and oxygen atoms in total. The fourth-order valence-corrected chi connectivity index (χ4v) is 2.40. The highest BCUT2D eigenvalue weighted by Gasteiger charge is 2.28. The lowest BCUT2D eigenvalue weighted by molar-refractivity contribution is -0.152. The molecular formula is C17H25N3O3. The number of carboxylic acids is 1. The summed E-state index contributed by atoms with van der Waals surface area (Å²) in [5.74, 6) is -1.09. The molecule has 126 valence electrons. The Balaban J connectivity index is 2.58. The minimum absolute atomic E-state index is 0.186. The normalized spacial score (nSPS) is 13.1. The molecule has 23 heavy (non-hydrogen) atoms. The van der Waals surface area contributed by atoms with Crippen LogP contribution in [0.3, 0.4) is 0 Å². The highest BCUT2D eigenvalue weighted by Crippen LogP contribution is 2.17. The second kappa shape index (κ2) is 11.5. The van der Waals surface area contributed by atoms with Crippen LogP contribution in [0.1, 0.15) is 51.0 Å². The number of aliphatic carboxylic acids is 1. The summed E-state index contributed by atoms with van der Waals surface area (Å²) < 4.78 is 5.52. The van der Waals surface area contributed by atoms with Gasteiger partial charge in [0.05, 0.1) is 12.6 Å². The van der Waals surface area contributed by atoms with Crippen molar-refractivity contribution >= 4 is 5.97 Å². The molecule has 0 spiro atoms. The molecule has 0 radical (unpaired) electrons. The molecule has 0 aliphatic rings. The van der Waals surface area contributed by atoms with E-state index in [1.807, 2.05) is 30.3 Å². The molecule has 0 unspecified atom stereocenters. The third-order valence-corrected chi connectivity index (χ3v) is 3.67. The summed E-state index contributed by atoms with van der Waals surface area (Å²) in [5, 5.41) is 13.0. The predicted molar refractivity (Wildman–Crippen MR) is 89.0 cm³/mol. The van der Waals surface area contributed by atoms with Crippen molar-refractivity contribution in [1.29, 1.82) is 0 Å². The number of ether oxygens (including phenoxy) is 1. The Morgan fingerprint density at radius 1 is 1.26 bits per heavy atom. The second-order valence-corrected chi connectivity index (χ2v) is 5.53. The van der Waals surface area contributed by atoms with E-state index in [4.69, 9.17) is 10.3 Å². The monoisotopic (exact) mass is 319 g/mol. The largest absolute Gasteiger partial charge is 0.479 e. The van der Waals surface area contributed by atoms with Crippen LogP contribution in [0.4, 0.5) is 0 Å². The van der Waals surface area contributed by atoms with Crippen LogP contribution in [-0.4, -0.2) is 23.2 Å². The van der Waals surface area contributed by atoms with Crippen LogP contribution in [0.2, 0.25) is 0 Å². The molecule has 1 aromatic carbocycles. The molecule has 6 heteroatoms. The number of hydrogen-bond acceptors (Lipinski definition) is 3. The molecule has 0 saturated carbocycles. The molecule has 1 N–H and O–H groups in total. The van der Waals surface area contributed by atoms with Crippen molar-refractivity contribution in [2.24, 2.45) is 5.11 Å². The third kappa shape index (κ3) is 7.68. The number of carboxylic acid groups (broad SMARTS) is 1. The van der Waals surface area contributed by atoms with E-state index in [-0.39, 0.29) is 6.61 Å². The van der Waals surface area contributed by atoms with Crippen LogP contribution in [0, 0.1) is 0 Å². The predicted octanol–water partition coefficient (Wildman–Crippen LogP) is 4.70. The SMILES string of the molecule is CCCCCCC[C@H](N=[N+]=[N-])[C@H](OCc1ccccc1)C(=O)O. The number of carbonyl (C=O) groups is 1. The average Bonchev–Trinajstić information content (AvgIpc) is 2.55. The highest BCUT2D eigenvalue weighted by atomic mass is 16.5. The van der Waals surface area contributed by atoms with E-state index in [2.05, 4.69) is 16.9 Å². The molecule has 0 aromatic heterocycles. The molecule has 0 aliphatic carbocycles. The summed E-state index contributed by atoms with van der Waals surface area (Å²) in [6, 6.07) is 8.68. The number of unbranched alkanes of at least 4 members (excludes halogenated alkanes) is 4. The average molecular weight is 319 g/mol. The zero-order valence-corrected chi connectivity index (χ0v) is 13.6. The topological polar surface area (TPSA) is 95.3 Å². The summed E-state index contributed by atoms with van der Waals surface area (Å²) in [4.78, 5) is 14.3. The highest BCUT2D eigenvalue weighted by molar-refractivity contribution is 5.73. The smallest absolute Gasteiger partial charge is 0.333 e. The van der Waals surface area contributed by atoms with Gasteiger partial charge in [-0.2, -0.15) is 0 Å². The van der Waals surface area contributed by atoms with Crippen LogP contribution in [0.5, 0.6) is 0 Å². The summed E-state index contributed by atoms with van der Waals surface area (Å²) in [5.41, 5.74) is 9.59. The third-order valence-electron chi connectivity index (χ3n) is 3.67. The van der Waals surface area contributed by atoms with Crippen LogP contribution in [-0.2, 0) is 16.1 Å². The zero-order chi connectivity index (χ0) is 16.9.